The molecule has 0 N–H and O–H groups in total. The molecule has 16 heteroatoms. The summed E-state index contributed by atoms with van der Waals surface area (Å²) < 4.78 is 148. The molecule has 0 saturated heterocycles. The summed E-state index contributed by atoms with van der Waals surface area (Å²) in [5.41, 5.74) is -5.85. The average Bonchev–Trinajstić information content (AvgIpc) is 2.81. The van der Waals surface area contributed by atoms with E-state index in [-0.39, 0.29) is 12.8 Å². The van der Waals surface area contributed by atoms with Crippen molar-refractivity contribution in [3.8, 4) is 0 Å². The molecule has 0 aromatic rings. The summed E-state index contributed by atoms with van der Waals surface area (Å²) >= 11 is 0. The summed E-state index contributed by atoms with van der Waals surface area (Å²) in [6.45, 7) is 7.67. The topological polar surface area (TPSA) is 55.4 Å². The highest BCUT2D eigenvalue weighted by Crippen LogP contribution is 2.56. The SMILES string of the molecule is CCO[Si](CCCCCCC(F)(F)C(F)(F)C(F)(F)C(F)(F)[Si](OCC)(OCC)OCC)(OCC)OCC. The van der Waals surface area contributed by atoms with Crippen molar-refractivity contribution >= 4 is 17.6 Å². The van der Waals surface area contributed by atoms with Gasteiger partial charge in [-0.05, 0) is 54.4 Å². The molecule has 0 rings (SSSR count). The summed E-state index contributed by atoms with van der Waals surface area (Å²) in [6, 6.07) is 0.346. The predicted octanol–water partition coefficient (Wildman–Crippen LogP) is 7.11. The molecule has 0 aromatic carbocycles. The Morgan fingerprint density at radius 2 is 0.842 bits per heavy atom. The van der Waals surface area contributed by atoms with Gasteiger partial charge in [-0.25, -0.2) is 0 Å². The van der Waals surface area contributed by atoms with Crippen molar-refractivity contribution in [1.82, 2.24) is 0 Å². The van der Waals surface area contributed by atoms with Crippen LogP contribution in [0, 0.1) is 0 Å². The highest BCUT2D eigenvalue weighted by atomic mass is 28.4. The number of alkyl halides is 8. The van der Waals surface area contributed by atoms with E-state index in [4.69, 9.17) is 13.3 Å². The Morgan fingerprint density at radius 1 is 0.474 bits per heavy atom. The van der Waals surface area contributed by atoms with Gasteiger partial charge in [0.1, 0.15) is 0 Å². The minimum absolute atomic E-state index is 0.0436. The number of halogens is 8. The van der Waals surface area contributed by atoms with Gasteiger partial charge in [0.05, 0.1) is 0 Å². The lowest BCUT2D eigenvalue weighted by atomic mass is 9.98. The molecule has 0 saturated carbocycles. The molecule has 6 nitrogen and oxygen atoms in total. The molecule has 0 amide bonds. The fourth-order valence-electron chi connectivity index (χ4n) is 3.79. The molecule has 0 aliphatic heterocycles. The molecule has 230 valence electrons. The van der Waals surface area contributed by atoms with Gasteiger partial charge in [-0.3, -0.25) is 0 Å². The standard InChI is InChI=1S/C22H42F8O6Si2/c1-7-31-37(32-8-2,33-9-3)18-16-14-13-15-17-19(23,24)20(25,26)21(27,28)22(29,30)38(34-10-4,35-11-5)36-12-6/h7-18H2,1-6H3. The zero-order valence-corrected chi connectivity index (χ0v) is 25.0. The van der Waals surface area contributed by atoms with Gasteiger partial charge in [-0.1, -0.05) is 12.8 Å². The zero-order chi connectivity index (χ0) is 29.7. The van der Waals surface area contributed by atoms with Gasteiger partial charge in [0.2, 0.25) is 0 Å². The quantitative estimate of drug-likeness (QED) is 0.0698. The second kappa shape index (κ2) is 16.2. The van der Waals surface area contributed by atoms with E-state index in [9.17, 15) is 35.1 Å². The first-order chi connectivity index (χ1) is 17.6. The second-order valence-electron chi connectivity index (χ2n) is 8.18. The van der Waals surface area contributed by atoms with Crippen LogP contribution in [0.15, 0.2) is 0 Å². The molecule has 0 unspecified atom stereocenters. The molecule has 0 fully saturated rings. The van der Waals surface area contributed by atoms with E-state index < -0.39 is 73.6 Å². The monoisotopic (exact) mass is 610 g/mol. The van der Waals surface area contributed by atoms with Crippen LogP contribution in [-0.4, -0.2) is 80.6 Å². The Labute approximate surface area is 222 Å². The normalized spacial score (nSPS) is 14.4. The van der Waals surface area contributed by atoms with E-state index in [1.54, 1.807) is 20.8 Å². The van der Waals surface area contributed by atoms with E-state index >= 15 is 0 Å². The van der Waals surface area contributed by atoms with Gasteiger partial charge in [-0.15, -0.1) is 0 Å². The van der Waals surface area contributed by atoms with Crippen molar-refractivity contribution in [2.45, 2.75) is 103 Å². The number of rotatable bonds is 23. The first-order valence-corrected chi connectivity index (χ1v) is 16.6. The third-order valence-electron chi connectivity index (χ3n) is 5.45. The molecule has 0 aliphatic carbocycles. The molecule has 0 spiro atoms. The fourth-order valence-corrected chi connectivity index (χ4v) is 8.95. The lowest BCUT2D eigenvalue weighted by Crippen LogP contribution is -2.74. The largest absolute Gasteiger partial charge is 0.582 e. The van der Waals surface area contributed by atoms with Crippen LogP contribution in [0.5, 0.6) is 0 Å². The van der Waals surface area contributed by atoms with E-state index in [0.717, 1.165) is 20.8 Å². The summed E-state index contributed by atoms with van der Waals surface area (Å²) in [7, 11) is -8.85. The third kappa shape index (κ3) is 8.57. The van der Waals surface area contributed by atoms with E-state index in [1.165, 1.54) is 0 Å². The molecule has 0 aliphatic rings. The maximum absolute atomic E-state index is 15.0. The smallest absolute Gasteiger partial charge is 0.374 e. The zero-order valence-electron chi connectivity index (χ0n) is 23.0. The van der Waals surface area contributed by atoms with Crippen LogP contribution >= 0.6 is 0 Å². The lowest BCUT2D eigenvalue weighted by molar-refractivity contribution is -0.359. The van der Waals surface area contributed by atoms with Gasteiger partial charge in [0.15, 0.2) is 0 Å². The highest BCUT2D eigenvalue weighted by Gasteiger charge is 2.88. The maximum atomic E-state index is 15.0. The van der Waals surface area contributed by atoms with Gasteiger partial charge in [0, 0.05) is 52.1 Å². The van der Waals surface area contributed by atoms with Crippen molar-refractivity contribution in [2.75, 3.05) is 39.6 Å². The van der Waals surface area contributed by atoms with E-state index in [1.807, 2.05) is 0 Å². The first-order valence-electron chi connectivity index (χ1n) is 12.9. The lowest BCUT2D eigenvalue weighted by Gasteiger charge is -2.42. The van der Waals surface area contributed by atoms with Crippen molar-refractivity contribution in [1.29, 1.82) is 0 Å². The number of hydrogen-bond donors (Lipinski definition) is 0. The second-order valence-corrected chi connectivity index (χ2v) is 13.5. The van der Waals surface area contributed by atoms with Crippen molar-refractivity contribution in [3.63, 3.8) is 0 Å². The van der Waals surface area contributed by atoms with Gasteiger partial charge < -0.3 is 26.6 Å². The summed E-state index contributed by atoms with van der Waals surface area (Å²) in [6.07, 6.45) is -1.75. The van der Waals surface area contributed by atoms with Gasteiger partial charge in [-0.2, -0.15) is 35.1 Å². The summed E-state index contributed by atoms with van der Waals surface area (Å²) in [5.74, 6) is -18.4. The number of hydrogen-bond acceptors (Lipinski definition) is 6. The highest BCUT2D eigenvalue weighted by molar-refractivity contribution is 6.64. The Bertz CT molecular complexity index is 627. The van der Waals surface area contributed by atoms with Crippen LogP contribution in [0.25, 0.3) is 0 Å². The Kier molecular flexibility index (Phi) is 16.0. The van der Waals surface area contributed by atoms with Crippen LogP contribution in [-0.2, 0) is 26.6 Å². The molecule has 38 heavy (non-hydrogen) atoms. The van der Waals surface area contributed by atoms with Crippen LogP contribution in [0.1, 0.15) is 73.6 Å². The van der Waals surface area contributed by atoms with Crippen molar-refractivity contribution < 1.29 is 61.7 Å². The number of unbranched alkanes of at least 4 members (excludes halogenated alkanes) is 3. The van der Waals surface area contributed by atoms with Crippen molar-refractivity contribution in [2.24, 2.45) is 0 Å². The minimum Gasteiger partial charge on any atom is -0.374 e. The van der Waals surface area contributed by atoms with Gasteiger partial charge in [0.25, 0.3) is 0 Å². The maximum Gasteiger partial charge on any atom is 0.582 e. The molecule has 0 bridgehead atoms. The molecular weight excluding hydrogens is 568 g/mol. The molecule has 0 aromatic heterocycles. The first kappa shape index (κ1) is 37.6. The van der Waals surface area contributed by atoms with E-state index in [0.29, 0.717) is 32.3 Å². The van der Waals surface area contributed by atoms with Crippen LogP contribution < -0.4 is 0 Å². The van der Waals surface area contributed by atoms with E-state index in [2.05, 4.69) is 13.3 Å². The Morgan fingerprint density at radius 3 is 1.21 bits per heavy atom. The summed E-state index contributed by atoms with van der Waals surface area (Å²) in [4.78, 5) is 0. The third-order valence-corrected chi connectivity index (χ3v) is 11.7. The fraction of sp³-hybridized carbons (Fsp3) is 1.00. The summed E-state index contributed by atoms with van der Waals surface area (Å²) in [5, 5.41) is 0. The van der Waals surface area contributed by atoms with Gasteiger partial charge >= 0.3 is 40.9 Å². The molecule has 0 atom stereocenters. The van der Waals surface area contributed by atoms with Crippen LogP contribution in [0.4, 0.5) is 35.1 Å². The molecule has 0 heterocycles. The predicted molar refractivity (Wildman–Crippen MR) is 129 cm³/mol. The van der Waals surface area contributed by atoms with Crippen LogP contribution in [0.3, 0.4) is 0 Å². The Hall–Kier alpha value is -0.366. The average molecular weight is 611 g/mol. The minimum atomic E-state index is -6.53. The van der Waals surface area contributed by atoms with Crippen molar-refractivity contribution in [3.05, 3.63) is 0 Å². The molecule has 0 radical (unpaired) electrons. The Balaban J connectivity index is 5.49. The molecular formula is C22H42F8O6Si2. The van der Waals surface area contributed by atoms with Crippen LogP contribution in [0.2, 0.25) is 6.04 Å².